The molecule has 2 aromatic rings. The minimum Gasteiger partial charge on any atom is -0.496 e. The second kappa shape index (κ2) is 6.91. The van der Waals surface area contributed by atoms with E-state index < -0.39 is 0 Å². The van der Waals surface area contributed by atoms with Gasteiger partial charge in [-0.15, -0.1) is 0 Å². The summed E-state index contributed by atoms with van der Waals surface area (Å²) in [6.45, 7) is 3.53. The van der Waals surface area contributed by atoms with Crippen LogP contribution in [0, 0.1) is 5.92 Å². The van der Waals surface area contributed by atoms with E-state index in [1.807, 2.05) is 24.3 Å². The molecule has 1 saturated heterocycles. The summed E-state index contributed by atoms with van der Waals surface area (Å²) in [6, 6.07) is 8.39. The average Bonchev–Trinajstić information content (AvgIpc) is 3.14. The van der Waals surface area contributed by atoms with Gasteiger partial charge in [0.25, 0.3) is 0 Å². The Morgan fingerprint density at radius 1 is 1.25 bits per heavy atom. The van der Waals surface area contributed by atoms with E-state index >= 15 is 0 Å². The fourth-order valence-corrected chi connectivity index (χ4v) is 3.27. The quantitative estimate of drug-likeness (QED) is 0.778. The molecule has 6 nitrogen and oxygen atoms in total. The van der Waals surface area contributed by atoms with Gasteiger partial charge in [0.15, 0.2) is 0 Å². The monoisotopic (exact) mass is 329 g/mol. The Hall–Kier alpha value is -1.92. The summed E-state index contributed by atoms with van der Waals surface area (Å²) in [4.78, 5) is 7.05. The van der Waals surface area contributed by atoms with Crippen LogP contribution < -0.4 is 4.74 Å². The number of aromatic nitrogens is 2. The first-order valence-corrected chi connectivity index (χ1v) is 8.61. The smallest absolute Gasteiger partial charge is 0.241 e. The van der Waals surface area contributed by atoms with Crippen molar-refractivity contribution in [3.05, 3.63) is 30.2 Å². The molecule has 0 bridgehead atoms. The Bertz CT molecular complexity index is 678. The van der Waals surface area contributed by atoms with E-state index in [2.05, 4.69) is 15.0 Å². The van der Waals surface area contributed by atoms with Gasteiger partial charge >= 0.3 is 0 Å². The summed E-state index contributed by atoms with van der Waals surface area (Å²) >= 11 is 0. The number of ether oxygens (including phenoxy) is 2. The summed E-state index contributed by atoms with van der Waals surface area (Å²) in [5.41, 5.74) is 0.858. The third-order valence-corrected chi connectivity index (χ3v) is 4.73. The van der Waals surface area contributed by atoms with Crippen LogP contribution in [-0.2, 0) is 11.3 Å². The van der Waals surface area contributed by atoms with Crippen LogP contribution in [0.1, 0.15) is 25.2 Å². The Morgan fingerprint density at radius 3 is 2.88 bits per heavy atom. The summed E-state index contributed by atoms with van der Waals surface area (Å²) in [7, 11) is 1.65. The molecule has 1 saturated carbocycles. The van der Waals surface area contributed by atoms with E-state index in [1.165, 1.54) is 12.8 Å². The molecule has 0 N–H and O–H groups in total. The first-order valence-electron chi connectivity index (χ1n) is 8.61. The second-order valence-electron chi connectivity index (χ2n) is 6.60. The predicted octanol–water partition coefficient (Wildman–Crippen LogP) is 2.75. The van der Waals surface area contributed by atoms with Gasteiger partial charge in [0.05, 0.1) is 25.8 Å². The van der Waals surface area contributed by atoms with Gasteiger partial charge in [-0.25, -0.2) is 0 Å². The molecule has 0 spiro atoms. The molecule has 1 aliphatic heterocycles. The zero-order valence-corrected chi connectivity index (χ0v) is 14.0. The van der Waals surface area contributed by atoms with E-state index in [4.69, 9.17) is 14.0 Å². The molecule has 24 heavy (non-hydrogen) atoms. The van der Waals surface area contributed by atoms with Gasteiger partial charge in [0.1, 0.15) is 5.75 Å². The molecule has 1 aromatic heterocycles. The van der Waals surface area contributed by atoms with Crippen LogP contribution in [0.3, 0.4) is 0 Å². The average molecular weight is 329 g/mol. The molecular weight excluding hydrogens is 306 g/mol. The number of benzene rings is 1. The van der Waals surface area contributed by atoms with Crippen molar-refractivity contribution < 1.29 is 14.0 Å². The lowest BCUT2D eigenvalue weighted by Crippen LogP contribution is -2.31. The van der Waals surface area contributed by atoms with Crippen LogP contribution in [0.5, 0.6) is 5.75 Å². The highest BCUT2D eigenvalue weighted by molar-refractivity contribution is 5.63. The van der Waals surface area contributed by atoms with Crippen molar-refractivity contribution in [1.82, 2.24) is 15.0 Å². The lowest BCUT2D eigenvalue weighted by atomic mass is 10.1. The summed E-state index contributed by atoms with van der Waals surface area (Å²) in [5.74, 6) is 2.64. The van der Waals surface area contributed by atoms with Crippen LogP contribution >= 0.6 is 0 Å². The van der Waals surface area contributed by atoms with Gasteiger partial charge in [-0.2, -0.15) is 4.98 Å². The molecule has 1 atom stereocenters. The zero-order valence-electron chi connectivity index (χ0n) is 14.0. The highest BCUT2D eigenvalue weighted by atomic mass is 16.5. The van der Waals surface area contributed by atoms with E-state index in [-0.39, 0.29) is 0 Å². The third kappa shape index (κ3) is 3.44. The number of hydrogen-bond donors (Lipinski definition) is 0. The molecule has 1 unspecified atom stereocenters. The number of rotatable bonds is 7. The van der Waals surface area contributed by atoms with Crippen molar-refractivity contribution in [3.63, 3.8) is 0 Å². The molecule has 2 fully saturated rings. The van der Waals surface area contributed by atoms with Gasteiger partial charge in [0, 0.05) is 19.2 Å². The fourth-order valence-electron chi connectivity index (χ4n) is 3.27. The van der Waals surface area contributed by atoms with Gasteiger partial charge in [0.2, 0.25) is 11.7 Å². The second-order valence-corrected chi connectivity index (χ2v) is 6.60. The topological polar surface area (TPSA) is 60.6 Å². The molecule has 0 amide bonds. The standard InChI is InChI=1S/C18H23N3O3/c1-22-16-5-3-2-4-15(16)18-19-17(24-20-18)11-21(14-6-7-14)10-13-8-9-23-12-13/h2-5,13-14H,6-12H2,1H3. The fraction of sp³-hybridized carbons (Fsp3) is 0.556. The summed E-state index contributed by atoms with van der Waals surface area (Å²) < 4.78 is 16.4. The van der Waals surface area contributed by atoms with Crippen LogP contribution in [0.25, 0.3) is 11.4 Å². The van der Waals surface area contributed by atoms with Crippen molar-refractivity contribution >= 4 is 0 Å². The van der Waals surface area contributed by atoms with Crippen molar-refractivity contribution in [3.8, 4) is 17.1 Å². The number of methoxy groups -OCH3 is 1. The predicted molar refractivity (Wildman–Crippen MR) is 88.6 cm³/mol. The normalized spacial score (nSPS) is 20.7. The molecule has 2 heterocycles. The molecule has 0 radical (unpaired) electrons. The van der Waals surface area contributed by atoms with Crippen molar-refractivity contribution in [2.45, 2.75) is 31.8 Å². The molecule has 1 aliphatic carbocycles. The minimum atomic E-state index is 0.586. The highest BCUT2D eigenvalue weighted by Gasteiger charge is 2.32. The van der Waals surface area contributed by atoms with Gasteiger partial charge in [-0.1, -0.05) is 17.3 Å². The SMILES string of the molecule is COc1ccccc1-c1noc(CN(CC2CCOC2)C2CC2)n1. The van der Waals surface area contributed by atoms with E-state index in [9.17, 15) is 0 Å². The van der Waals surface area contributed by atoms with Gasteiger partial charge in [-0.3, -0.25) is 4.90 Å². The molecular formula is C18H23N3O3. The largest absolute Gasteiger partial charge is 0.496 e. The van der Waals surface area contributed by atoms with E-state index in [0.29, 0.717) is 30.2 Å². The summed E-state index contributed by atoms with van der Waals surface area (Å²) in [5, 5.41) is 4.14. The lowest BCUT2D eigenvalue weighted by molar-refractivity contribution is 0.153. The number of para-hydroxylation sites is 1. The molecule has 128 valence electrons. The Balaban J connectivity index is 1.47. The highest BCUT2D eigenvalue weighted by Crippen LogP contribution is 2.31. The van der Waals surface area contributed by atoms with Crippen LogP contribution in [0.4, 0.5) is 0 Å². The maximum absolute atomic E-state index is 5.50. The molecule has 6 heteroatoms. The molecule has 2 aliphatic rings. The van der Waals surface area contributed by atoms with E-state index in [0.717, 1.165) is 37.5 Å². The summed E-state index contributed by atoms with van der Waals surface area (Å²) in [6.07, 6.45) is 3.68. The van der Waals surface area contributed by atoms with E-state index in [1.54, 1.807) is 7.11 Å². The first-order chi connectivity index (χ1) is 11.8. The Morgan fingerprint density at radius 2 is 2.12 bits per heavy atom. The van der Waals surface area contributed by atoms with Gasteiger partial charge in [-0.05, 0) is 37.3 Å². The maximum Gasteiger partial charge on any atom is 0.241 e. The van der Waals surface area contributed by atoms with Crippen molar-refractivity contribution in [2.24, 2.45) is 5.92 Å². The van der Waals surface area contributed by atoms with Crippen LogP contribution in [0.2, 0.25) is 0 Å². The number of hydrogen-bond acceptors (Lipinski definition) is 6. The molecule has 1 aromatic carbocycles. The zero-order chi connectivity index (χ0) is 16.4. The maximum atomic E-state index is 5.50. The number of nitrogens with zero attached hydrogens (tertiary/aromatic N) is 3. The minimum absolute atomic E-state index is 0.586. The third-order valence-electron chi connectivity index (χ3n) is 4.73. The first kappa shape index (κ1) is 15.6. The Labute approximate surface area is 141 Å². The lowest BCUT2D eigenvalue weighted by Gasteiger charge is -2.22. The van der Waals surface area contributed by atoms with Gasteiger partial charge < -0.3 is 14.0 Å². The van der Waals surface area contributed by atoms with Crippen molar-refractivity contribution in [2.75, 3.05) is 26.9 Å². The molecule has 4 rings (SSSR count). The van der Waals surface area contributed by atoms with Crippen LogP contribution in [0.15, 0.2) is 28.8 Å². The van der Waals surface area contributed by atoms with Crippen LogP contribution in [-0.4, -0.2) is 48.0 Å². The van der Waals surface area contributed by atoms with Crippen molar-refractivity contribution in [1.29, 1.82) is 0 Å². The Kier molecular flexibility index (Phi) is 4.49.